The highest BCUT2D eigenvalue weighted by Gasteiger charge is 2.06. The van der Waals surface area contributed by atoms with E-state index in [1.54, 1.807) is 6.07 Å². The Morgan fingerprint density at radius 3 is 2.58 bits per heavy atom. The zero-order valence-corrected chi connectivity index (χ0v) is 7.23. The number of carbonyl (C=O) groups excluding carboxylic acids is 1. The van der Waals surface area contributed by atoms with Gasteiger partial charge < -0.3 is 0 Å². The SMILES string of the molecule is CCc1ccc(C(C)=O)c(F)c1. The van der Waals surface area contributed by atoms with Gasteiger partial charge in [0, 0.05) is 0 Å². The van der Waals surface area contributed by atoms with Crippen molar-refractivity contribution in [2.24, 2.45) is 0 Å². The Hall–Kier alpha value is -1.18. The lowest BCUT2D eigenvalue weighted by Gasteiger charge is -2.00. The van der Waals surface area contributed by atoms with Crippen molar-refractivity contribution in [1.82, 2.24) is 0 Å². The molecule has 0 fully saturated rings. The molecule has 0 spiro atoms. The highest BCUT2D eigenvalue weighted by atomic mass is 19.1. The fraction of sp³-hybridized carbons (Fsp3) is 0.300. The largest absolute Gasteiger partial charge is 0.294 e. The van der Waals surface area contributed by atoms with E-state index in [1.165, 1.54) is 19.1 Å². The molecule has 0 heterocycles. The van der Waals surface area contributed by atoms with E-state index in [9.17, 15) is 9.18 Å². The van der Waals surface area contributed by atoms with Crippen LogP contribution in [0, 0.1) is 5.82 Å². The molecular weight excluding hydrogens is 155 g/mol. The van der Waals surface area contributed by atoms with Gasteiger partial charge >= 0.3 is 0 Å². The molecule has 0 unspecified atom stereocenters. The molecule has 0 aliphatic rings. The first kappa shape index (κ1) is 8.91. The Balaban J connectivity index is 3.12. The molecule has 0 saturated heterocycles. The second-order valence-electron chi connectivity index (χ2n) is 2.72. The molecule has 1 aromatic carbocycles. The molecule has 1 rings (SSSR count). The average Bonchev–Trinajstić information content (AvgIpc) is 2.03. The fourth-order valence-electron chi connectivity index (χ4n) is 1.06. The maximum Gasteiger partial charge on any atom is 0.162 e. The molecule has 0 N–H and O–H groups in total. The van der Waals surface area contributed by atoms with Crippen LogP contribution in [0.25, 0.3) is 0 Å². The molecule has 0 aliphatic carbocycles. The number of ketones is 1. The summed E-state index contributed by atoms with van der Waals surface area (Å²) < 4.78 is 13.1. The Kier molecular flexibility index (Phi) is 2.58. The Morgan fingerprint density at radius 2 is 2.17 bits per heavy atom. The first-order valence-electron chi connectivity index (χ1n) is 3.94. The summed E-state index contributed by atoms with van der Waals surface area (Å²) in [7, 11) is 0. The van der Waals surface area contributed by atoms with Crippen LogP contribution in [0.15, 0.2) is 18.2 Å². The Bertz CT molecular complexity index is 305. The van der Waals surface area contributed by atoms with E-state index in [4.69, 9.17) is 0 Å². The maximum absolute atomic E-state index is 13.1. The van der Waals surface area contributed by atoms with E-state index < -0.39 is 5.82 Å². The number of carbonyl (C=O) groups is 1. The zero-order chi connectivity index (χ0) is 9.14. The summed E-state index contributed by atoms with van der Waals surface area (Å²) in [6, 6.07) is 4.73. The molecule has 2 heteroatoms. The van der Waals surface area contributed by atoms with Crippen molar-refractivity contribution in [3.63, 3.8) is 0 Å². The van der Waals surface area contributed by atoms with Crippen molar-refractivity contribution < 1.29 is 9.18 Å². The minimum atomic E-state index is -0.415. The molecule has 12 heavy (non-hydrogen) atoms. The molecule has 64 valence electrons. The van der Waals surface area contributed by atoms with Crippen LogP contribution in [0.1, 0.15) is 29.8 Å². The van der Waals surface area contributed by atoms with Gasteiger partial charge in [-0.1, -0.05) is 13.0 Å². The summed E-state index contributed by atoms with van der Waals surface area (Å²) >= 11 is 0. The highest BCUT2D eigenvalue weighted by Crippen LogP contribution is 2.11. The number of rotatable bonds is 2. The predicted molar refractivity (Wildman–Crippen MR) is 45.8 cm³/mol. The van der Waals surface area contributed by atoms with Crippen LogP contribution >= 0.6 is 0 Å². The average molecular weight is 166 g/mol. The van der Waals surface area contributed by atoms with Gasteiger partial charge in [-0.25, -0.2) is 4.39 Å². The minimum absolute atomic E-state index is 0.173. The molecule has 0 atom stereocenters. The van der Waals surface area contributed by atoms with Gasteiger partial charge in [-0.3, -0.25) is 4.79 Å². The fourth-order valence-corrected chi connectivity index (χ4v) is 1.06. The van der Waals surface area contributed by atoms with Crippen LogP contribution in [-0.4, -0.2) is 5.78 Å². The molecule has 1 aromatic rings. The van der Waals surface area contributed by atoms with Crippen LogP contribution in [-0.2, 0) is 6.42 Å². The van der Waals surface area contributed by atoms with Crippen LogP contribution in [0.5, 0.6) is 0 Å². The third kappa shape index (κ3) is 1.70. The van der Waals surface area contributed by atoms with Crippen molar-refractivity contribution in [3.05, 3.63) is 35.1 Å². The van der Waals surface area contributed by atoms with E-state index in [1.807, 2.05) is 6.92 Å². The Labute approximate surface area is 71.2 Å². The second kappa shape index (κ2) is 3.48. The quantitative estimate of drug-likeness (QED) is 0.617. The van der Waals surface area contributed by atoms with Crippen LogP contribution < -0.4 is 0 Å². The van der Waals surface area contributed by atoms with Crippen molar-refractivity contribution in [2.75, 3.05) is 0 Å². The third-order valence-electron chi connectivity index (χ3n) is 1.82. The third-order valence-corrected chi connectivity index (χ3v) is 1.82. The van der Waals surface area contributed by atoms with Gasteiger partial charge in [-0.05, 0) is 31.0 Å². The number of aryl methyl sites for hydroxylation is 1. The molecule has 0 amide bonds. The number of Topliss-reactive ketones (excluding diaryl/α,β-unsaturated/α-hetero) is 1. The minimum Gasteiger partial charge on any atom is -0.294 e. The summed E-state index contributed by atoms with van der Waals surface area (Å²) in [5, 5.41) is 0. The monoisotopic (exact) mass is 166 g/mol. The van der Waals surface area contributed by atoms with Gasteiger partial charge in [0.1, 0.15) is 5.82 Å². The van der Waals surface area contributed by atoms with E-state index in [0.29, 0.717) is 0 Å². The lowest BCUT2D eigenvalue weighted by atomic mass is 10.1. The van der Waals surface area contributed by atoms with Gasteiger partial charge in [0.2, 0.25) is 0 Å². The van der Waals surface area contributed by atoms with Crippen molar-refractivity contribution in [1.29, 1.82) is 0 Å². The molecule has 0 aromatic heterocycles. The van der Waals surface area contributed by atoms with Gasteiger partial charge in [0.05, 0.1) is 5.56 Å². The van der Waals surface area contributed by atoms with E-state index in [-0.39, 0.29) is 11.3 Å². The predicted octanol–water partition coefficient (Wildman–Crippen LogP) is 2.59. The summed E-state index contributed by atoms with van der Waals surface area (Å²) in [4.78, 5) is 10.8. The first-order valence-corrected chi connectivity index (χ1v) is 3.94. The Morgan fingerprint density at radius 1 is 1.50 bits per heavy atom. The van der Waals surface area contributed by atoms with Gasteiger partial charge in [0.25, 0.3) is 0 Å². The number of halogens is 1. The summed E-state index contributed by atoms with van der Waals surface area (Å²) in [6.07, 6.45) is 0.787. The van der Waals surface area contributed by atoms with Gasteiger partial charge in [-0.2, -0.15) is 0 Å². The number of hydrogen-bond acceptors (Lipinski definition) is 1. The summed E-state index contributed by atoms with van der Waals surface area (Å²) in [6.45, 7) is 3.31. The summed E-state index contributed by atoms with van der Waals surface area (Å²) in [5.41, 5.74) is 1.09. The maximum atomic E-state index is 13.1. The lowest BCUT2D eigenvalue weighted by Crippen LogP contribution is -1.97. The van der Waals surface area contributed by atoms with Crippen LogP contribution in [0.3, 0.4) is 0 Å². The second-order valence-corrected chi connectivity index (χ2v) is 2.72. The molecule has 0 aliphatic heterocycles. The highest BCUT2D eigenvalue weighted by molar-refractivity contribution is 5.94. The van der Waals surface area contributed by atoms with Crippen molar-refractivity contribution in [3.8, 4) is 0 Å². The molecule has 0 radical (unpaired) electrons. The topological polar surface area (TPSA) is 17.1 Å². The molecular formula is C10H11FO. The number of benzene rings is 1. The molecule has 1 nitrogen and oxygen atoms in total. The van der Waals surface area contributed by atoms with E-state index in [0.717, 1.165) is 12.0 Å². The standard InChI is InChI=1S/C10H11FO/c1-3-8-4-5-9(7(2)12)10(11)6-8/h4-6H,3H2,1-2H3. The van der Waals surface area contributed by atoms with Gasteiger partial charge in [-0.15, -0.1) is 0 Å². The first-order chi connectivity index (χ1) is 5.65. The van der Waals surface area contributed by atoms with Crippen LogP contribution in [0.2, 0.25) is 0 Å². The van der Waals surface area contributed by atoms with E-state index in [2.05, 4.69) is 0 Å². The normalized spacial score (nSPS) is 9.92. The smallest absolute Gasteiger partial charge is 0.162 e. The van der Waals surface area contributed by atoms with Gasteiger partial charge in [0.15, 0.2) is 5.78 Å². The summed E-state index contributed by atoms with van der Waals surface area (Å²) in [5.74, 6) is -0.642. The van der Waals surface area contributed by atoms with E-state index >= 15 is 0 Å². The lowest BCUT2D eigenvalue weighted by molar-refractivity contribution is 0.101. The van der Waals surface area contributed by atoms with Crippen molar-refractivity contribution in [2.45, 2.75) is 20.3 Å². The zero-order valence-electron chi connectivity index (χ0n) is 7.23. The van der Waals surface area contributed by atoms with Crippen molar-refractivity contribution >= 4 is 5.78 Å². The molecule has 0 saturated carbocycles. The number of hydrogen-bond donors (Lipinski definition) is 0. The molecule has 0 bridgehead atoms. The van der Waals surface area contributed by atoms with Crippen LogP contribution in [0.4, 0.5) is 4.39 Å².